The quantitative estimate of drug-likeness (QED) is 0.224. The summed E-state index contributed by atoms with van der Waals surface area (Å²) in [5.74, 6) is 0. The zero-order valence-corrected chi connectivity index (χ0v) is 21.3. The van der Waals surface area contributed by atoms with Crippen LogP contribution in [0.5, 0.6) is 0 Å². The summed E-state index contributed by atoms with van der Waals surface area (Å²) in [5, 5.41) is 13.2. The molecule has 0 N–H and O–H groups in total. The second-order valence-electron chi connectivity index (χ2n) is 9.23. The highest BCUT2D eigenvalue weighted by atomic mass is 32.1. The van der Waals surface area contributed by atoms with Crippen LogP contribution in [-0.2, 0) is 6.42 Å². The predicted molar refractivity (Wildman–Crippen MR) is 161 cm³/mol. The van der Waals surface area contributed by atoms with Crippen LogP contribution in [0.2, 0.25) is 0 Å². The number of thiophene rings is 1. The van der Waals surface area contributed by atoms with Crippen molar-refractivity contribution in [3.05, 3.63) is 125 Å². The Morgan fingerprint density at radius 3 is 2.35 bits per heavy atom. The van der Waals surface area contributed by atoms with Crippen molar-refractivity contribution in [2.24, 2.45) is 0 Å². The van der Waals surface area contributed by atoms with Crippen LogP contribution in [0.3, 0.4) is 0 Å². The molecule has 0 fully saturated rings. The topological polar surface area (TPSA) is 23.8 Å². The molecule has 1 aromatic heterocycles. The lowest BCUT2D eigenvalue weighted by Crippen LogP contribution is -1.99. The van der Waals surface area contributed by atoms with E-state index in [-0.39, 0.29) is 0 Å². The first kappa shape index (κ1) is 23.0. The van der Waals surface area contributed by atoms with Gasteiger partial charge in [-0.15, -0.1) is 17.9 Å². The van der Waals surface area contributed by atoms with Gasteiger partial charge >= 0.3 is 0 Å². The Morgan fingerprint density at radius 2 is 1.62 bits per heavy atom. The molecule has 0 atom stereocenters. The number of allylic oxidation sites excluding steroid dienone is 3. The Bertz CT molecular complexity index is 1810. The number of benzene rings is 4. The van der Waals surface area contributed by atoms with E-state index in [1.165, 1.54) is 54.2 Å². The average Bonchev–Trinajstić information content (AvgIpc) is 3.14. The van der Waals surface area contributed by atoms with Crippen LogP contribution in [0.1, 0.15) is 28.0 Å². The first-order valence-electron chi connectivity index (χ1n) is 12.4. The van der Waals surface area contributed by atoms with Crippen molar-refractivity contribution in [1.82, 2.24) is 0 Å². The van der Waals surface area contributed by atoms with E-state index in [4.69, 9.17) is 0 Å². The molecule has 5 aromatic rings. The van der Waals surface area contributed by atoms with Gasteiger partial charge in [0.25, 0.3) is 0 Å². The Kier molecular flexibility index (Phi) is 5.93. The summed E-state index contributed by atoms with van der Waals surface area (Å²) >= 11 is 1.75. The molecule has 6 rings (SSSR count). The summed E-state index contributed by atoms with van der Waals surface area (Å²) in [5.41, 5.74) is 9.24. The molecular weight excluding hydrogens is 466 g/mol. The fourth-order valence-electron chi connectivity index (χ4n) is 5.51. The maximum atomic E-state index is 9.48. The van der Waals surface area contributed by atoms with Crippen molar-refractivity contribution >= 4 is 50.4 Å². The number of nitrogens with zero attached hydrogens (tertiary/aromatic N) is 1. The maximum absolute atomic E-state index is 9.48. The zero-order valence-electron chi connectivity index (χ0n) is 20.5. The Hall–Kier alpha value is -4.45. The lowest BCUT2D eigenvalue weighted by Gasteiger charge is -2.21. The van der Waals surface area contributed by atoms with Crippen molar-refractivity contribution in [2.45, 2.75) is 12.8 Å². The molecule has 0 bridgehead atoms. The smallest absolute Gasteiger partial charge is 0.0950 e. The summed E-state index contributed by atoms with van der Waals surface area (Å²) in [4.78, 5) is 1.15. The molecule has 0 saturated heterocycles. The largest absolute Gasteiger partial charge is 0.193 e. The van der Waals surface area contributed by atoms with Gasteiger partial charge in [0, 0.05) is 32.5 Å². The molecule has 37 heavy (non-hydrogen) atoms. The van der Waals surface area contributed by atoms with Crippen molar-refractivity contribution < 1.29 is 0 Å². The van der Waals surface area contributed by atoms with E-state index in [2.05, 4.69) is 104 Å². The van der Waals surface area contributed by atoms with Gasteiger partial charge in [-0.1, -0.05) is 97.6 Å². The van der Waals surface area contributed by atoms with Crippen molar-refractivity contribution in [1.29, 1.82) is 5.26 Å². The third-order valence-corrected chi connectivity index (χ3v) is 8.21. The van der Waals surface area contributed by atoms with E-state index in [9.17, 15) is 5.26 Å². The van der Waals surface area contributed by atoms with Crippen LogP contribution < -0.4 is 0 Å². The second kappa shape index (κ2) is 9.54. The fraction of sp³-hybridized carbons (Fsp3) is 0.0571. The highest BCUT2D eigenvalue weighted by Gasteiger charge is 2.20. The first-order chi connectivity index (χ1) is 18.2. The van der Waals surface area contributed by atoms with E-state index in [1.54, 1.807) is 11.3 Å². The number of fused-ring (bicyclic) bond motifs is 4. The SMILES string of the molecule is C=CCc1c(C=C)c(-c2ccc3c4c(sc3c2)C=C(C#N)CC=C4)c2ccccc2c1-c1ccccc1. The highest BCUT2D eigenvalue weighted by molar-refractivity contribution is 7.20. The Morgan fingerprint density at radius 1 is 0.865 bits per heavy atom. The minimum atomic E-state index is 0.687. The molecular formula is C35H25NS. The molecule has 1 aliphatic rings. The summed E-state index contributed by atoms with van der Waals surface area (Å²) < 4.78 is 1.22. The van der Waals surface area contributed by atoms with Crippen molar-refractivity contribution in [3.8, 4) is 28.3 Å². The lowest BCUT2D eigenvalue weighted by atomic mass is 9.82. The Labute approximate surface area is 221 Å². The summed E-state index contributed by atoms with van der Waals surface area (Å²) in [6, 6.07) is 28.4. The van der Waals surface area contributed by atoms with Gasteiger partial charge in [-0.2, -0.15) is 5.26 Å². The monoisotopic (exact) mass is 491 g/mol. The number of rotatable bonds is 5. The van der Waals surface area contributed by atoms with E-state index < -0.39 is 0 Å². The van der Waals surface area contributed by atoms with Gasteiger partial charge in [-0.05, 0) is 62.7 Å². The molecule has 176 valence electrons. The van der Waals surface area contributed by atoms with Crippen molar-refractivity contribution in [3.63, 3.8) is 0 Å². The van der Waals surface area contributed by atoms with Crippen LogP contribution in [-0.4, -0.2) is 0 Å². The molecule has 1 nitrogen and oxygen atoms in total. The Balaban J connectivity index is 1.67. The third-order valence-electron chi connectivity index (χ3n) is 7.09. The standard InChI is InChI=1S/C35H25NS/c1-3-11-29-26(4-2)35(31-16-9-8-15-30(31)34(29)24-13-6-5-7-14-24)25-18-19-28-27-17-10-12-23(22-36)20-32(27)37-33(28)21-25/h3-10,13-21H,1-2,11-12H2. The van der Waals surface area contributed by atoms with E-state index in [1.807, 2.05) is 18.2 Å². The predicted octanol–water partition coefficient (Wildman–Crippen LogP) is 10.1. The van der Waals surface area contributed by atoms with Gasteiger partial charge in [0.05, 0.1) is 6.07 Å². The van der Waals surface area contributed by atoms with E-state index in [0.29, 0.717) is 6.42 Å². The number of hydrogen-bond acceptors (Lipinski definition) is 2. The summed E-state index contributed by atoms with van der Waals surface area (Å²) in [6.45, 7) is 8.35. The van der Waals surface area contributed by atoms with Crippen LogP contribution in [0, 0.1) is 11.3 Å². The average molecular weight is 492 g/mol. The van der Waals surface area contributed by atoms with E-state index in [0.717, 1.165) is 22.4 Å². The molecule has 1 heterocycles. The van der Waals surface area contributed by atoms with Crippen LogP contribution >= 0.6 is 11.3 Å². The number of hydrogen-bond donors (Lipinski definition) is 0. The highest BCUT2D eigenvalue weighted by Crippen LogP contribution is 2.45. The summed E-state index contributed by atoms with van der Waals surface area (Å²) in [7, 11) is 0. The molecule has 2 heteroatoms. The minimum Gasteiger partial charge on any atom is -0.193 e. The molecule has 4 aromatic carbocycles. The first-order valence-corrected chi connectivity index (χ1v) is 13.3. The van der Waals surface area contributed by atoms with E-state index >= 15 is 0 Å². The van der Waals surface area contributed by atoms with Crippen LogP contribution in [0.15, 0.2) is 104 Å². The van der Waals surface area contributed by atoms with Gasteiger partial charge in [-0.3, -0.25) is 0 Å². The zero-order chi connectivity index (χ0) is 25.4. The molecule has 0 unspecified atom stereocenters. The molecule has 0 spiro atoms. The van der Waals surface area contributed by atoms with Gasteiger partial charge < -0.3 is 0 Å². The number of nitriles is 1. The van der Waals surface area contributed by atoms with Gasteiger partial charge in [-0.25, -0.2) is 0 Å². The normalized spacial score (nSPS) is 12.6. The maximum Gasteiger partial charge on any atom is 0.0950 e. The van der Waals surface area contributed by atoms with Crippen molar-refractivity contribution in [2.75, 3.05) is 0 Å². The molecule has 0 amide bonds. The second-order valence-corrected chi connectivity index (χ2v) is 10.3. The molecule has 0 saturated carbocycles. The van der Waals surface area contributed by atoms with Gasteiger partial charge in [0.1, 0.15) is 0 Å². The fourth-order valence-corrected chi connectivity index (χ4v) is 6.71. The molecule has 1 aliphatic carbocycles. The van der Waals surface area contributed by atoms with Gasteiger partial charge in [0.2, 0.25) is 0 Å². The van der Waals surface area contributed by atoms with Crippen LogP contribution in [0.4, 0.5) is 0 Å². The van der Waals surface area contributed by atoms with Crippen LogP contribution in [0.25, 0.3) is 61.3 Å². The van der Waals surface area contributed by atoms with Gasteiger partial charge in [0.15, 0.2) is 0 Å². The summed E-state index contributed by atoms with van der Waals surface area (Å²) in [6.07, 6.45) is 11.7. The third kappa shape index (κ3) is 3.85. The lowest BCUT2D eigenvalue weighted by molar-refractivity contribution is 1.28. The molecule has 0 radical (unpaired) electrons. The molecule has 0 aliphatic heterocycles. The minimum absolute atomic E-state index is 0.687.